The van der Waals surface area contributed by atoms with Crippen LogP contribution in [-0.2, 0) is 0 Å². The number of hydrogen-bond acceptors (Lipinski definition) is 1. The lowest BCUT2D eigenvalue weighted by Crippen LogP contribution is -2.32. The summed E-state index contributed by atoms with van der Waals surface area (Å²) in [6.45, 7) is 7.04. The third kappa shape index (κ3) is 3.23. The van der Waals surface area contributed by atoms with Gasteiger partial charge < -0.3 is 9.88 Å². The molecular weight excluding hydrogens is 256 g/mol. The molecule has 1 rings (SSSR count). The van der Waals surface area contributed by atoms with Crippen LogP contribution in [0.4, 0.5) is 0 Å². The highest BCUT2D eigenvalue weighted by Crippen LogP contribution is 2.12. The first-order valence-electron chi connectivity index (χ1n) is 4.93. The van der Waals surface area contributed by atoms with Crippen LogP contribution in [0.3, 0.4) is 0 Å². The highest BCUT2D eigenvalue weighted by molar-refractivity contribution is 9.10. The summed E-state index contributed by atoms with van der Waals surface area (Å²) in [4.78, 5) is 16.7. The van der Waals surface area contributed by atoms with Gasteiger partial charge in [-0.1, -0.05) is 13.0 Å². The molecule has 0 radical (unpaired) electrons. The van der Waals surface area contributed by atoms with E-state index < -0.39 is 0 Å². The second-order valence-corrected chi connectivity index (χ2v) is 4.19. The number of hydrogen-bond donors (Lipinski definition) is 1. The molecule has 1 aromatic heterocycles. The maximum atomic E-state index is 12.0. The van der Waals surface area contributed by atoms with E-state index in [1.807, 2.05) is 6.92 Å². The van der Waals surface area contributed by atoms with Gasteiger partial charge in [0.15, 0.2) is 0 Å². The minimum atomic E-state index is 0.0162. The number of aromatic nitrogens is 1. The summed E-state index contributed by atoms with van der Waals surface area (Å²) in [6.07, 6.45) is 4.44. The number of carbonyl (C=O) groups excluding carboxylic acids is 1. The van der Waals surface area contributed by atoms with E-state index in [0.717, 1.165) is 17.4 Å². The molecule has 0 fully saturated rings. The fraction of sp³-hybridized carbons (Fsp3) is 0.364. The van der Waals surface area contributed by atoms with Gasteiger partial charge in [0.2, 0.25) is 0 Å². The van der Waals surface area contributed by atoms with Crippen molar-refractivity contribution in [3.8, 4) is 0 Å². The van der Waals surface area contributed by atoms with Gasteiger partial charge in [-0.05, 0) is 28.4 Å². The predicted octanol–water partition coefficient (Wildman–Crippen LogP) is 2.82. The van der Waals surface area contributed by atoms with Gasteiger partial charge in [-0.15, -0.1) is 6.58 Å². The van der Waals surface area contributed by atoms with Crippen molar-refractivity contribution in [2.24, 2.45) is 0 Å². The molecule has 0 aliphatic rings. The molecule has 0 aromatic carbocycles. The fourth-order valence-electron chi connectivity index (χ4n) is 1.36. The zero-order valence-corrected chi connectivity index (χ0v) is 10.4. The highest BCUT2D eigenvalue weighted by Gasteiger charge is 2.14. The molecule has 1 aromatic rings. The summed E-state index contributed by atoms with van der Waals surface area (Å²) in [5, 5.41) is 0. The minimum absolute atomic E-state index is 0.0162. The molecule has 15 heavy (non-hydrogen) atoms. The van der Waals surface area contributed by atoms with E-state index in [9.17, 15) is 4.79 Å². The standard InChI is InChI=1S/C11H15BrN2O/c1-3-5-14(6-4-2)11(15)10-7-9(12)8-13-10/h3,7-8,13H,1,4-6H2,2H3. The van der Waals surface area contributed by atoms with Crippen molar-refractivity contribution in [2.45, 2.75) is 13.3 Å². The highest BCUT2D eigenvalue weighted by atomic mass is 79.9. The average Bonchev–Trinajstić information content (AvgIpc) is 2.63. The van der Waals surface area contributed by atoms with E-state index in [4.69, 9.17) is 0 Å². The number of H-pyrrole nitrogens is 1. The number of aromatic amines is 1. The lowest BCUT2D eigenvalue weighted by Gasteiger charge is -2.19. The largest absolute Gasteiger partial charge is 0.356 e. The molecule has 3 nitrogen and oxygen atoms in total. The number of rotatable bonds is 5. The van der Waals surface area contributed by atoms with Gasteiger partial charge >= 0.3 is 0 Å². The predicted molar refractivity (Wildman–Crippen MR) is 64.9 cm³/mol. The SMILES string of the molecule is C=CCN(CCC)C(=O)c1cc(Br)c[nH]1. The van der Waals surface area contributed by atoms with Crippen LogP contribution in [0.15, 0.2) is 29.4 Å². The van der Waals surface area contributed by atoms with Crippen molar-refractivity contribution in [1.29, 1.82) is 0 Å². The molecular formula is C11H15BrN2O. The second kappa shape index (κ2) is 5.75. The summed E-state index contributed by atoms with van der Waals surface area (Å²) in [5.74, 6) is 0.0162. The van der Waals surface area contributed by atoms with E-state index >= 15 is 0 Å². The summed E-state index contributed by atoms with van der Waals surface area (Å²) < 4.78 is 0.890. The van der Waals surface area contributed by atoms with Gasteiger partial charge in [-0.3, -0.25) is 4.79 Å². The Morgan fingerprint density at radius 3 is 2.93 bits per heavy atom. The number of nitrogens with one attached hydrogen (secondary N) is 1. The summed E-state index contributed by atoms with van der Waals surface area (Å²) in [6, 6.07) is 1.79. The van der Waals surface area contributed by atoms with Crippen LogP contribution in [0.1, 0.15) is 23.8 Å². The van der Waals surface area contributed by atoms with E-state index in [2.05, 4.69) is 27.5 Å². The third-order valence-corrected chi connectivity index (χ3v) is 2.47. The van der Waals surface area contributed by atoms with Gasteiger partial charge in [-0.2, -0.15) is 0 Å². The van der Waals surface area contributed by atoms with Crippen molar-refractivity contribution in [1.82, 2.24) is 9.88 Å². The topological polar surface area (TPSA) is 36.1 Å². The fourth-order valence-corrected chi connectivity index (χ4v) is 1.71. The van der Waals surface area contributed by atoms with Gasteiger partial charge in [0.25, 0.3) is 5.91 Å². The maximum Gasteiger partial charge on any atom is 0.270 e. The van der Waals surface area contributed by atoms with Gasteiger partial charge in [0, 0.05) is 23.8 Å². The minimum Gasteiger partial charge on any atom is -0.356 e. The van der Waals surface area contributed by atoms with Crippen molar-refractivity contribution in [3.05, 3.63) is 35.1 Å². The Morgan fingerprint density at radius 1 is 1.73 bits per heavy atom. The third-order valence-electron chi connectivity index (χ3n) is 2.01. The van der Waals surface area contributed by atoms with Crippen LogP contribution in [0.25, 0.3) is 0 Å². The van der Waals surface area contributed by atoms with Crippen molar-refractivity contribution < 1.29 is 4.79 Å². The number of carbonyl (C=O) groups is 1. The lowest BCUT2D eigenvalue weighted by molar-refractivity contribution is 0.0769. The zero-order chi connectivity index (χ0) is 11.3. The van der Waals surface area contributed by atoms with Crippen LogP contribution >= 0.6 is 15.9 Å². The van der Waals surface area contributed by atoms with E-state index in [1.54, 1.807) is 23.2 Å². The van der Waals surface area contributed by atoms with Crippen LogP contribution in [-0.4, -0.2) is 28.9 Å². The summed E-state index contributed by atoms with van der Waals surface area (Å²) >= 11 is 3.31. The first-order valence-corrected chi connectivity index (χ1v) is 5.72. The van der Waals surface area contributed by atoms with E-state index in [-0.39, 0.29) is 5.91 Å². The Bertz CT molecular complexity index is 346. The van der Waals surface area contributed by atoms with Gasteiger partial charge in [0.05, 0.1) is 0 Å². The van der Waals surface area contributed by atoms with Gasteiger partial charge in [0.1, 0.15) is 5.69 Å². The lowest BCUT2D eigenvalue weighted by atomic mass is 10.3. The zero-order valence-electron chi connectivity index (χ0n) is 8.79. The monoisotopic (exact) mass is 270 g/mol. The van der Waals surface area contributed by atoms with Crippen LogP contribution in [0.2, 0.25) is 0 Å². The van der Waals surface area contributed by atoms with Gasteiger partial charge in [-0.25, -0.2) is 0 Å². The molecule has 1 heterocycles. The first-order chi connectivity index (χ1) is 7.19. The quantitative estimate of drug-likeness (QED) is 0.821. The number of amides is 1. The number of nitrogens with zero attached hydrogens (tertiary/aromatic N) is 1. The molecule has 0 atom stereocenters. The molecule has 0 saturated carbocycles. The van der Waals surface area contributed by atoms with Crippen LogP contribution in [0.5, 0.6) is 0 Å². The number of halogens is 1. The Labute approximate surface area is 98.3 Å². The van der Waals surface area contributed by atoms with E-state index in [0.29, 0.717) is 12.2 Å². The normalized spacial score (nSPS) is 10.0. The Morgan fingerprint density at radius 2 is 2.47 bits per heavy atom. The first kappa shape index (κ1) is 12.0. The Balaban J connectivity index is 2.75. The second-order valence-electron chi connectivity index (χ2n) is 3.27. The summed E-state index contributed by atoms with van der Waals surface area (Å²) in [5.41, 5.74) is 0.608. The molecule has 4 heteroatoms. The average molecular weight is 271 g/mol. The van der Waals surface area contributed by atoms with Crippen molar-refractivity contribution >= 4 is 21.8 Å². The Kier molecular flexibility index (Phi) is 4.62. The Hall–Kier alpha value is -1.03. The van der Waals surface area contributed by atoms with Crippen LogP contribution in [0, 0.1) is 0 Å². The molecule has 0 spiro atoms. The molecule has 0 saturated heterocycles. The van der Waals surface area contributed by atoms with Crippen molar-refractivity contribution in [3.63, 3.8) is 0 Å². The molecule has 0 bridgehead atoms. The molecule has 82 valence electrons. The smallest absolute Gasteiger partial charge is 0.270 e. The maximum absolute atomic E-state index is 12.0. The van der Waals surface area contributed by atoms with E-state index in [1.165, 1.54) is 0 Å². The molecule has 1 N–H and O–H groups in total. The molecule has 1 amide bonds. The van der Waals surface area contributed by atoms with Crippen molar-refractivity contribution in [2.75, 3.05) is 13.1 Å². The molecule has 0 aliphatic heterocycles. The molecule has 0 unspecified atom stereocenters. The molecule has 0 aliphatic carbocycles. The summed E-state index contributed by atoms with van der Waals surface area (Å²) in [7, 11) is 0. The van der Waals surface area contributed by atoms with Crippen LogP contribution < -0.4 is 0 Å².